The van der Waals surface area contributed by atoms with Crippen molar-refractivity contribution in [1.29, 1.82) is 0 Å². The van der Waals surface area contributed by atoms with Crippen molar-refractivity contribution in [3.8, 4) is 0 Å². The van der Waals surface area contributed by atoms with Gasteiger partial charge in [-0.05, 0) is 13.0 Å². The van der Waals surface area contributed by atoms with Gasteiger partial charge in [0.2, 0.25) is 0 Å². The Morgan fingerprint density at radius 1 is 1.50 bits per heavy atom. The molecular weight excluding hydrogens is 289 g/mol. The van der Waals surface area contributed by atoms with Crippen LogP contribution in [0.1, 0.15) is 13.8 Å². The Bertz CT molecular complexity index is 103. The van der Waals surface area contributed by atoms with Gasteiger partial charge >= 0.3 is 22.4 Å². The van der Waals surface area contributed by atoms with Crippen LogP contribution in [-0.2, 0) is 27.2 Å². The Morgan fingerprint density at radius 3 is 1.88 bits per heavy atom. The molecule has 0 aromatic carbocycles. The average Bonchev–Trinajstić information content (AvgIpc) is 1.27. The minimum Gasteiger partial charge on any atom is -0.876 e. The van der Waals surface area contributed by atoms with Gasteiger partial charge in [-0.25, -0.2) is 0 Å². The zero-order chi connectivity index (χ0) is 5.86. The minimum atomic E-state index is -0.187. The molecule has 0 aromatic rings. The fourth-order valence-electron chi connectivity index (χ4n) is 0.286. The summed E-state index contributed by atoms with van der Waals surface area (Å²) < 4.78 is 0. The van der Waals surface area contributed by atoms with Crippen molar-refractivity contribution in [3.63, 3.8) is 0 Å². The molecule has 0 amide bonds. The summed E-state index contributed by atoms with van der Waals surface area (Å²) in [5.74, 6) is -0.375. The van der Waals surface area contributed by atoms with Crippen LogP contribution in [0.2, 0.25) is 0 Å². The van der Waals surface area contributed by atoms with Gasteiger partial charge in [0.1, 0.15) is 0 Å². The predicted octanol–water partition coefficient (Wildman–Crippen LogP) is -0.163. The molecule has 0 spiro atoms. The molecule has 0 aliphatic heterocycles. The molecular formula is C5H7AuO2. The Morgan fingerprint density at radius 2 is 1.88 bits per heavy atom. The monoisotopic (exact) mass is 296 g/mol. The van der Waals surface area contributed by atoms with E-state index in [-0.39, 0.29) is 33.9 Å². The molecule has 0 unspecified atom stereocenters. The second-order valence-electron chi connectivity index (χ2n) is 1.37. The second kappa shape index (κ2) is 5.09. The Balaban J connectivity index is 0. The first-order valence-corrected chi connectivity index (χ1v) is 1.99. The zero-order valence-electron chi connectivity index (χ0n) is 4.70. The maximum atomic E-state index is 9.98. The molecule has 0 aliphatic rings. The molecule has 0 heterocycles. The summed E-state index contributed by atoms with van der Waals surface area (Å²) in [5, 5.41) is 9.98. The van der Waals surface area contributed by atoms with Crippen molar-refractivity contribution < 1.29 is 32.3 Å². The zero-order valence-corrected chi connectivity index (χ0v) is 6.86. The Kier molecular flexibility index (Phi) is 6.91. The molecule has 8 heavy (non-hydrogen) atoms. The third kappa shape index (κ3) is 9.34. The van der Waals surface area contributed by atoms with Gasteiger partial charge < -0.3 is 5.11 Å². The smallest absolute Gasteiger partial charge is 0.876 e. The van der Waals surface area contributed by atoms with Crippen LogP contribution < -0.4 is 5.11 Å². The van der Waals surface area contributed by atoms with E-state index in [1.807, 2.05) is 0 Å². The second-order valence-corrected chi connectivity index (χ2v) is 1.37. The molecule has 0 saturated heterocycles. The van der Waals surface area contributed by atoms with E-state index in [0.717, 1.165) is 6.08 Å². The summed E-state index contributed by atoms with van der Waals surface area (Å²) in [6.07, 6.45) is 1.06. The number of allylic oxidation sites excluding steroid dienone is 2. The molecule has 0 N–H and O–H groups in total. The topological polar surface area (TPSA) is 40.1 Å². The van der Waals surface area contributed by atoms with Crippen LogP contribution in [0.25, 0.3) is 0 Å². The molecule has 0 atom stereocenters. The standard InChI is InChI=1S/C5H8O2.Au/c1-4(6)3-5(2)7;/h3,6H,1-2H3;/q;+1/p-1/b4-3-;. The van der Waals surface area contributed by atoms with Crippen molar-refractivity contribution >= 4 is 5.78 Å². The maximum Gasteiger partial charge on any atom is 1.00 e. The van der Waals surface area contributed by atoms with Gasteiger partial charge in [0, 0.05) is 0 Å². The average molecular weight is 296 g/mol. The number of hydrogen-bond acceptors (Lipinski definition) is 2. The number of carbonyl (C=O) groups is 1. The van der Waals surface area contributed by atoms with Gasteiger partial charge in [-0.1, -0.05) is 6.92 Å². The molecule has 0 saturated carbocycles. The van der Waals surface area contributed by atoms with Crippen molar-refractivity contribution in [1.82, 2.24) is 0 Å². The van der Waals surface area contributed by atoms with Crippen molar-refractivity contribution in [2.45, 2.75) is 13.8 Å². The van der Waals surface area contributed by atoms with E-state index < -0.39 is 0 Å². The molecule has 0 aliphatic carbocycles. The summed E-state index contributed by atoms with van der Waals surface area (Å²) >= 11 is 0. The van der Waals surface area contributed by atoms with E-state index in [9.17, 15) is 9.90 Å². The van der Waals surface area contributed by atoms with Crippen molar-refractivity contribution in [2.75, 3.05) is 0 Å². The fraction of sp³-hybridized carbons (Fsp3) is 0.400. The van der Waals surface area contributed by atoms with Crippen molar-refractivity contribution in [2.24, 2.45) is 0 Å². The molecule has 0 fully saturated rings. The summed E-state index contributed by atoms with van der Waals surface area (Å²) in [6.45, 7) is 2.70. The van der Waals surface area contributed by atoms with Crippen LogP contribution in [0.5, 0.6) is 0 Å². The van der Waals surface area contributed by atoms with E-state index >= 15 is 0 Å². The molecule has 0 aromatic heterocycles. The van der Waals surface area contributed by atoms with E-state index in [4.69, 9.17) is 0 Å². The molecule has 2 nitrogen and oxygen atoms in total. The van der Waals surface area contributed by atoms with Crippen LogP contribution >= 0.6 is 0 Å². The van der Waals surface area contributed by atoms with Gasteiger partial charge in [0.15, 0.2) is 5.78 Å². The molecule has 50 valence electrons. The third-order valence-electron chi connectivity index (χ3n) is 0.407. The van der Waals surface area contributed by atoms with E-state index in [2.05, 4.69) is 0 Å². The molecule has 0 rings (SSSR count). The molecule has 0 radical (unpaired) electrons. The van der Waals surface area contributed by atoms with Gasteiger partial charge in [-0.2, -0.15) is 0 Å². The van der Waals surface area contributed by atoms with Crippen LogP contribution in [0.3, 0.4) is 0 Å². The summed E-state index contributed by atoms with van der Waals surface area (Å²) in [5.41, 5.74) is 0. The first-order valence-electron chi connectivity index (χ1n) is 1.99. The maximum absolute atomic E-state index is 9.98. The van der Waals surface area contributed by atoms with Crippen LogP contribution in [0.4, 0.5) is 0 Å². The normalized spacial score (nSPS) is 10.0. The molecule has 0 bridgehead atoms. The fourth-order valence-corrected chi connectivity index (χ4v) is 0.286. The summed E-state index contributed by atoms with van der Waals surface area (Å²) in [7, 11) is 0. The molecule has 3 heteroatoms. The van der Waals surface area contributed by atoms with Crippen LogP contribution in [0.15, 0.2) is 11.8 Å². The number of ketones is 1. The number of rotatable bonds is 1. The van der Waals surface area contributed by atoms with E-state index in [1.54, 1.807) is 0 Å². The van der Waals surface area contributed by atoms with E-state index in [0.29, 0.717) is 0 Å². The van der Waals surface area contributed by atoms with E-state index in [1.165, 1.54) is 13.8 Å². The number of carbonyl (C=O) groups excluding carboxylic acids is 1. The largest absolute Gasteiger partial charge is 1.00 e. The van der Waals surface area contributed by atoms with Crippen LogP contribution in [0, 0.1) is 0 Å². The summed E-state index contributed by atoms with van der Waals surface area (Å²) in [4.78, 5) is 9.98. The van der Waals surface area contributed by atoms with Gasteiger partial charge in [0.05, 0.1) is 0 Å². The van der Waals surface area contributed by atoms with Gasteiger partial charge in [-0.3, -0.25) is 4.79 Å². The SMILES string of the molecule is CC(=O)/C=C(/C)[O-].[Au+]. The summed E-state index contributed by atoms with van der Waals surface area (Å²) in [6, 6.07) is 0. The number of hydrogen-bond donors (Lipinski definition) is 0. The predicted molar refractivity (Wildman–Crippen MR) is 24.4 cm³/mol. The van der Waals surface area contributed by atoms with Gasteiger partial charge in [0.25, 0.3) is 0 Å². The Labute approximate surface area is 64.1 Å². The van der Waals surface area contributed by atoms with Crippen molar-refractivity contribution in [3.05, 3.63) is 11.8 Å². The Hall–Kier alpha value is -0.0497. The minimum absolute atomic E-state index is 0. The first-order chi connectivity index (χ1) is 3.13. The quantitative estimate of drug-likeness (QED) is 0.383. The van der Waals surface area contributed by atoms with Gasteiger partial charge in [-0.15, -0.1) is 5.76 Å². The first kappa shape index (κ1) is 10.8. The van der Waals surface area contributed by atoms with Crippen LogP contribution in [-0.4, -0.2) is 5.78 Å². The third-order valence-corrected chi connectivity index (χ3v) is 0.407.